The van der Waals surface area contributed by atoms with Gasteiger partial charge in [0.05, 0.1) is 5.92 Å². The zero-order chi connectivity index (χ0) is 7.56. The number of hydrogen-bond acceptors (Lipinski definition) is 2. The van der Waals surface area contributed by atoms with Gasteiger partial charge in [0.15, 0.2) is 0 Å². The lowest BCUT2D eigenvalue weighted by Gasteiger charge is -1.99. The maximum atomic E-state index is 10.9. The topological polar surface area (TPSA) is 26.3 Å². The molecule has 0 aromatic rings. The van der Waals surface area contributed by atoms with Gasteiger partial charge in [-0.2, -0.15) is 0 Å². The predicted molar refractivity (Wildman–Crippen MR) is 38.2 cm³/mol. The average Bonchev–Trinajstić information content (AvgIpc) is 2.13. The first-order valence-corrected chi connectivity index (χ1v) is 3.64. The Morgan fingerprint density at radius 3 is 2.80 bits per heavy atom. The zero-order valence-corrected chi connectivity index (χ0v) is 6.39. The van der Waals surface area contributed by atoms with E-state index in [1.807, 2.05) is 13.0 Å². The van der Waals surface area contributed by atoms with E-state index in [-0.39, 0.29) is 11.9 Å². The van der Waals surface area contributed by atoms with Crippen LogP contribution in [0.5, 0.6) is 0 Å². The van der Waals surface area contributed by atoms with E-state index in [4.69, 9.17) is 4.74 Å². The number of hydrogen-bond donors (Lipinski definition) is 0. The molecule has 0 aromatic carbocycles. The van der Waals surface area contributed by atoms with Gasteiger partial charge in [-0.15, -0.1) is 0 Å². The fraction of sp³-hybridized carbons (Fsp3) is 0.625. The van der Waals surface area contributed by atoms with Gasteiger partial charge in [0, 0.05) is 0 Å². The molecule has 0 fully saturated rings. The standard InChI is InChI=1S/C8H12O2/c1-3-4-7-5-6(2)10-8(7)9/h5,7H,3-4H2,1-2H3. The van der Waals surface area contributed by atoms with E-state index in [0.29, 0.717) is 0 Å². The summed E-state index contributed by atoms with van der Waals surface area (Å²) in [5, 5.41) is 0. The SMILES string of the molecule is CCCC1C=C(C)OC1=O. The van der Waals surface area contributed by atoms with Crippen LogP contribution in [-0.4, -0.2) is 5.97 Å². The number of carbonyl (C=O) groups excluding carboxylic acids is 1. The Hall–Kier alpha value is -0.790. The molecule has 1 unspecified atom stereocenters. The van der Waals surface area contributed by atoms with Gasteiger partial charge in [-0.05, 0) is 19.4 Å². The van der Waals surface area contributed by atoms with Crippen molar-refractivity contribution in [3.8, 4) is 0 Å². The summed E-state index contributed by atoms with van der Waals surface area (Å²) in [6.07, 6.45) is 3.84. The molecule has 0 saturated heterocycles. The summed E-state index contributed by atoms with van der Waals surface area (Å²) in [5.41, 5.74) is 0. The van der Waals surface area contributed by atoms with Crippen molar-refractivity contribution in [3.63, 3.8) is 0 Å². The molecule has 2 nitrogen and oxygen atoms in total. The molecular weight excluding hydrogens is 128 g/mol. The van der Waals surface area contributed by atoms with Crippen LogP contribution in [0.4, 0.5) is 0 Å². The Bertz CT molecular complexity index is 170. The third kappa shape index (κ3) is 1.38. The van der Waals surface area contributed by atoms with E-state index < -0.39 is 0 Å². The minimum absolute atomic E-state index is 0.0324. The highest BCUT2D eigenvalue weighted by Gasteiger charge is 2.23. The second kappa shape index (κ2) is 2.86. The minimum Gasteiger partial charge on any atom is -0.431 e. The van der Waals surface area contributed by atoms with Crippen LogP contribution in [0, 0.1) is 5.92 Å². The summed E-state index contributed by atoms with van der Waals surface area (Å²) in [5.74, 6) is 0.702. The number of carbonyl (C=O) groups is 1. The molecule has 0 saturated carbocycles. The first-order chi connectivity index (χ1) is 4.74. The maximum absolute atomic E-state index is 10.9. The second-order valence-electron chi connectivity index (χ2n) is 2.59. The summed E-state index contributed by atoms with van der Waals surface area (Å²) in [4.78, 5) is 10.9. The Labute approximate surface area is 60.9 Å². The molecule has 1 rings (SSSR count). The summed E-state index contributed by atoms with van der Waals surface area (Å²) >= 11 is 0. The molecule has 1 atom stereocenters. The van der Waals surface area contributed by atoms with E-state index >= 15 is 0 Å². The van der Waals surface area contributed by atoms with Crippen LogP contribution in [-0.2, 0) is 9.53 Å². The molecule has 0 radical (unpaired) electrons. The monoisotopic (exact) mass is 140 g/mol. The van der Waals surface area contributed by atoms with Gasteiger partial charge < -0.3 is 4.74 Å². The van der Waals surface area contributed by atoms with Crippen molar-refractivity contribution in [3.05, 3.63) is 11.8 Å². The Morgan fingerprint density at radius 1 is 1.70 bits per heavy atom. The minimum atomic E-state index is -0.0839. The lowest BCUT2D eigenvalue weighted by molar-refractivity contribution is -0.140. The van der Waals surface area contributed by atoms with Gasteiger partial charge in [0.1, 0.15) is 5.76 Å². The molecular formula is C8H12O2. The van der Waals surface area contributed by atoms with Crippen LogP contribution in [0.3, 0.4) is 0 Å². The smallest absolute Gasteiger partial charge is 0.317 e. The van der Waals surface area contributed by atoms with Crippen LogP contribution < -0.4 is 0 Å². The number of rotatable bonds is 2. The van der Waals surface area contributed by atoms with Gasteiger partial charge in [0.25, 0.3) is 0 Å². The lowest BCUT2D eigenvalue weighted by Crippen LogP contribution is -2.07. The number of cyclic esters (lactones) is 1. The van der Waals surface area contributed by atoms with Crippen LogP contribution in [0.15, 0.2) is 11.8 Å². The molecule has 0 amide bonds. The van der Waals surface area contributed by atoms with Gasteiger partial charge in [-0.25, -0.2) is 0 Å². The van der Waals surface area contributed by atoms with E-state index in [2.05, 4.69) is 6.92 Å². The summed E-state index contributed by atoms with van der Waals surface area (Å²) in [7, 11) is 0. The summed E-state index contributed by atoms with van der Waals surface area (Å²) in [6, 6.07) is 0. The number of allylic oxidation sites excluding steroid dienone is 1. The van der Waals surface area contributed by atoms with E-state index in [9.17, 15) is 4.79 Å². The fourth-order valence-electron chi connectivity index (χ4n) is 1.13. The van der Waals surface area contributed by atoms with E-state index in [1.165, 1.54) is 0 Å². The van der Waals surface area contributed by atoms with Gasteiger partial charge >= 0.3 is 5.97 Å². The normalized spacial score (nSPS) is 24.4. The molecule has 0 N–H and O–H groups in total. The Kier molecular flexibility index (Phi) is 2.10. The van der Waals surface area contributed by atoms with Crippen LogP contribution in [0.1, 0.15) is 26.7 Å². The summed E-state index contributed by atoms with van der Waals surface area (Å²) < 4.78 is 4.85. The molecule has 1 heterocycles. The Morgan fingerprint density at radius 2 is 2.40 bits per heavy atom. The molecule has 0 aliphatic carbocycles. The zero-order valence-electron chi connectivity index (χ0n) is 6.39. The molecule has 10 heavy (non-hydrogen) atoms. The Balaban J connectivity index is 2.52. The van der Waals surface area contributed by atoms with Crippen molar-refractivity contribution < 1.29 is 9.53 Å². The summed E-state index contributed by atoms with van der Waals surface area (Å²) in [6.45, 7) is 3.88. The van der Waals surface area contributed by atoms with Crippen LogP contribution in [0.25, 0.3) is 0 Å². The highest BCUT2D eigenvalue weighted by Crippen LogP contribution is 2.20. The van der Waals surface area contributed by atoms with E-state index in [0.717, 1.165) is 18.6 Å². The first-order valence-electron chi connectivity index (χ1n) is 3.64. The van der Waals surface area contributed by atoms with Crippen molar-refractivity contribution in [2.45, 2.75) is 26.7 Å². The highest BCUT2D eigenvalue weighted by atomic mass is 16.5. The number of ether oxygens (including phenoxy) is 1. The maximum Gasteiger partial charge on any atom is 0.317 e. The molecule has 1 aliphatic heterocycles. The first kappa shape index (κ1) is 7.32. The molecule has 56 valence electrons. The molecule has 1 aliphatic rings. The molecule has 0 aromatic heterocycles. The molecule has 0 bridgehead atoms. The van der Waals surface area contributed by atoms with Crippen molar-refractivity contribution in [2.75, 3.05) is 0 Å². The average molecular weight is 140 g/mol. The van der Waals surface area contributed by atoms with E-state index in [1.54, 1.807) is 0 Å². The van der Waals surface area contributed by atoms with Crippen molar-refractivity contribution >= 4 is 5.97 Å². The van der Waals surface area contributed by atoms with Crippen molar-refractivity contribution in [1.82, 2.24) is 0 Å². The highest BCUT2D eigenvalue weighted by molar-refractivity contribution is 5.78. The third-order valence-electron chi connectivity index (χ3n) is 1.60. The van der Waals surface area contributed by atoms with Crippen LogP contribution in [0.2, 0.25) is 0 Å². The van der Waals surface area contributed by atoms with Crippen LogP contribution >= 0.6 is 0 Å². The largest absolute Gasteiger partial charge is 0.431 e. The lowest BCUT2D eigenvalue weighted by atomic mass is 10.1. The van der Waals surface area contributed by atoms with Crippen molar-refractivity contribution in [2.24, 2.45) is 5.92 Å². The number of esters is 1. The van der Waals surface area contributed by atoms with Gasteiger partial charge in [-0.3, -0.25) is 4.79 Å². The van der Waals surface area contributed by atoms with Crippen molar-refractivity contribution in [1.29, 1.82) is 0 Å². The van der Waals surface area contributed by atoms with Gasteiger partial charge in [-0.1, -0.05) is 13.3 Å². The quantitative estimate of drug-likeness (QED) is 0.547. The van der Waals surface area contributed by atoms with Gasteiger partial charge in [0.2, 0.25) is 0 Å². The third-order valence-corrected chi connectivity index (χ3v) is 1.60. The molecule has 0 spiro atoms. The molecule has 2 heteroatoms. The fourth-order valence-corrected chi connectivity index (χ4v) is 1.13. The predicted octanol–water partition coefficient (Wildman–Crippen LogP) is 1.86. The second-order valence-corrected chi connectivity index (χ2v) is 2.59.